The number of nitrogens with two attached hydrogens (primary N) is 1. The molecule has 0 aliphatic carbocycles. The molecule has 2 nitrogen and oxygen atoms in total. The van der Waals surface area contributed by atoms with Gasteiger partial charge in [0.05, 0.1) is 0 Å². The quantitative estimate of drug-likeness (QED) is 0.596. The maximum absolute atomic E-state index is 10.3. The lowest BCUT2D eigenvalue weighted by Gasteiger charge is -2.23. The first kappa shape index (κ1) is 14.8. The lowest BCUT2D eigenvalue weighted by molar-refractivity contribution is 0.0315. The fourth-order valence-electron chi connectivity index (χ4n) is 2.42. The molecule has 0 aliphatic heterocycles. The molecule has 1 unspecified atom stereocenters. The molecule has 106 valence electrons. The van der Waals surface area contributed by atoms with Gasteiger partial charge in [-0.05, 0) is 36.8 Å². The Kier molecular flexibility index (Phi) is 5.33. The summed E-state index contributed by atoms with van der Waals surface area (Å²) >= 11 is 0. The Hall–Kier alpha value is -1.64. The molecule has 0 saturated heterocycles. The van der Waals surface area contributed by atoms with E-state index in [0.717, 1.165) is 31.2 Å². The first-order valence-electron chi connectivity index (χ1n) is 7.29. The number of aliphatic hydroxyl groups is 1. The fourth-order valence-corrected chi connectivity index (χ4v) is 2.42. The lowest BCUT2D eigenvalue weighted by atomic mass is 9.96. The van der Waals surface area contributed by atoms with Gasteiger partial charge in [-0.3, -0.25) is 5.73 Å². The predicted molar refractivity (Wildman–Crippen MR) is 83.1 cm³/mol. The summed E-state index contributed by atoms with van der Waals surface area (Å²) in [6, 6.07) is 20.0. The molecule has 0 bridgehead atoms. The smallest absolute Gasteiger partial charge is 0.139 e. The number of benzene rings is 2. The molecule has 1 atom stereocenters. The van der Waals surface area contributed by atoms with Gasteiger partial charge in [-0.25, -0.2) is 0 Å². The maximum atomic E-state index is 10.3. The van der Waals surface area contributed by atoms with Crippen LogP contribution < -0.4 is 5.73 Å². The van der Waals surface area contributed by atoms with Gasteiger partial charge in [-0.2, -0.15) is 0 Å². The second kappa shape index (κ2) is 7.22. The van der Waals surface area contributed by atoms with Crippen molar-refractivity contribution in [2.45, 2.75) is 37.8 Å². The molecule has 2 aromatic carbocycles. The minimum Gasteiger partial charge on any atom is -0.372 e. The topological polar surface area (TPSA) is 46.2 Å². The average molecular weight is 269 g/mol. The van der Waals surface area contributed by atoms with Crippen LogP contribution in [0.25, 0.3) is 0 Å². The maximum Gasteiger partial charge on any atom is 0.139 e. The summed E-state index contributed by atoms with van der Waals surface area (Å²) in [4.78, 5) is 0. The summed E-state index contributed by atoms with van der Waals surface area (Å²) in [5.74, 6) is 0. The number of unbranched alkanes of at least 4 members (excludes halogenated alkanes) is 2. The van der Waals surface area contributed by atoms with E-state index in [9.17, 15) is 5.11 Å². The molecule has 0 spiro atoms. The van der Waals surface area contributed by atoms with Gasteiger partial charge >= 0.3 is 0 Å². The summed E-state index contributed by atoms with van der Waals surface area (Å²) < 4.78 is 0. The van der Waals surface area contributed by atoms with Crippen LogP contribution in [0.1, 0.15) is 36.8 Å². The fraction of sp³-hybridized carbons (Fsp3) is 0.333. The first-order valence-corrected chi connectivity index (χ1v) is 7.29. The number of hydrogen-bond donors (Lipinski definition) is 2. The molecule has 20 heavy (non-hydrogen) atoms. The van der Waals surface area contributed by atoms with Crippen LogP contribution in [-0.2, 0) is 12.1 Å². The Morgan fingerprint density at radius 3 is 2.05 bits per heavy atom. The molecule has 0 amide bonds. The summed E-state index contributed by atoms with van der Waals surface area (Å²) in [6.07, 6.45) is 4.85. The highest BCUT2D eigenvalue weighted by molar-refractivity contribution is 5.20. The second-order valence-electron chi connectivity index (χ2n) is 5.34. The zero-order chi connectivity index (χ0) is 14.3. The normalized spacial score (nSPS) is 13.9. The average Bonchev–Trinajstić information content (AvgIpc) is 2.49. The van der Waals surface area contributed by atoms with Crippen LogP contribution in [0.15, 0.2) is 60.7 Å². The van der Waals surface area contributed by atoms with Crippen molar-refractivity contribution >= 4 is 0 Å². The van der Waals surface area contributed by atoms with E-state index in [2.05, 4.69) is 24.3 Å². The van der Waals surface area contributed by atoms with Crippen LogP contribution in [0.3, 0.4) is 0 Å². The van der Waals surface area contributed by atoms with E-state index in [0.29, 0.717) is 6.42 Å². The monoisotopic (exact) mass is 269 g/mol. The molecular weight excluding hydrogens is 246 g/mol. The van der Waals surface area contributed by atoms with E-state index in [1.807, 2.05) is 36.4 Å². The van der Waals surface area contributed by atoms with E-state index in [-0.39, 0.29) is 0 Å². The molecule has 0 saturated carbocycles. The Balaban J connectivity index is 1.70. The Morgan fingerprint density at radius 2 is 1.40 bits per heavy atom. The molecule has 0 aromatic heterocycles. The zero-order valence-corrected chi connectivity index (χ0v) is 11.8. The van der Waals surface area contributed by atoms with Crippen LogP contribution in [0.5, 0.6) is 0 Å². The summed E-state index contributed by atoms with van der Waals surface area (Å²) in [6.45, 7) is 0. The molecule has 3 N–H and O–H groups in total. The highest BCUT2D eigenvalue weighted by Gasteiger charge is 2.22. The van der Waals surface area contributed by atoms with E-state index >= 15 is 0 Å². The van der Waals surface area contributed by atoms with Crippen molar-refractivity contribution in [3.63, 3.8) is 0 Å². The van der Waals surface area contributed by atoms with E-state index in [1.165, 1.54) is 5.56 Å². The summed E-state index contributed by atoms with van der Waals surface area (Å²) in [5.41, 5.74) is 6.95. The van der Waals surface area contributed by atoms with Crippen molar-refractivity contribution in [1.82, 2.24) is 0 Å². The van der Waals surface area contributed by atoms with Crippen LogP contribution in [0.2, 0.25) is 0 Å². The van der Waals surface area contributed by atoms with E-state index in [4.69, 9.17) is 5.73 Å². The number of aryl methyl sites for hydroxylation is 1. The van der Waals surface area contributed by atoms with Crippen molar-refractivity contribution in [3.8, 4) is 0 Å². The van der Waals surface area contributed by atoms with Gasteiger partial charge in [0.25, 0.3) is 0 Å². The number of hydrogen-bond acceptors (Lipinski definition) is 2. The third kappa shape index (κ3) is 4.48. The molecule has 0 radical (unpaired) electrons. The number of rotatable bonds is 7. The van der Waals surface area contributed by atoms with Crippen LogP contribution >= 0.6 is 0 Å². The summed E-state index contributed by atoms with van der Waals surface area (Å²) in [5, 5.41) is 10.3. The molecule has 2 heteroatoms. The molecule has 0 heterocycles. The highest BCUT2D eigenvalue weighted by Crippen LogP contribution is 2.21. The van der Waals surface area contributed by atoms with Crippen LogP contribution in [0, 0.1) is 0 Å². The minimum absolute atomic E-state index is 0.603. The third-order valence-electron chi connectivity index (χ3n) is 3.64. The molecule has 0 aliphatic rings. The Bertz CT molecular complexity index is 493. The van der Waals surface area contributed by atoms with Gasteiger partial charge in [-0.1, -0.05) is 67.1 Å². The van der Waals surface area contributed by atoms with Crippen molar-refractivity contribution in [2.24, 2.45) is 5.73 Å². The predicted octanol–water partition coefficient (Wildman–Crippen LogP) is 3.59. The zero-order valence-electron chi connectivity index (χ0n) is 11.8. The standard InChI is InChI=1S/C18H23NO/c19-18(20,17-13-7-2-8-14-17)15-9-3-6-12-16-10-4-1-5-11-16/h1-2,4-5,7-8,10-11,13-14,20H,3,6,9,12,15,19H2. The van der Waals surface area contributed by atoms with E-state index < -0.39 is 5.72 Å². The highest BCUT2D eigenvalue weighted by atomic mass is 16.3. The Morgan fingerprint density at radius 1 is 0.800 bits per heavy atom. The van der Waals surface area contributed by atoms with Gasteiger partial charge < -0.3 is 5.11 Å². The van der Waals surface area contributed by atoms with Crippen molar-refractivity contribution in [2.75, 3.05) is 0 Å². The first-order chi connectivity index (χ1) is 9.68. The largest absolute Gasteiger partial charge is 0.372 e. The SMILES string of the molecule is NC(O)(CCCCCc1ccccc1)c1ccccc1. The van der Waals surface area contributed by atoms with E-state index in [1.54, 1.807) is 0 Å². The van der Waals surface area contributed by atoms with Gasteiger partial charge in [0.15, 0.2) is 0 Å². The second-order valence-corrected chi connectivity index (χ2v) is 5.34. The van der Waals surface area contributed by atoms with Gasteiger partial charge in [-0.15, -0.1) is 0 Å². The van der Waals surface area contributed by atoms with Crippen molar-refractivity contribution in [3.05, 3.63) is 71.8 Å². The van der Waals surface area contributed by atoms with Crippen LogP contribution in [0.4, 0.5) is 0 Å². The molecular formula is C18H23NO. The van der Waals surface area contributed by atoms with Gasteiger partial charge in [0.1, 0.15) is 5.72 Å². The lowest BCUT2D eigenvalue weighted by Crippen LogP contribution is -2.36. The van der Waals surface area contributed by atoms with Crippen molar-refractivity contribution < 1.29 is 5.11 Å². The van der Waals surface area contributed by atoms with Crippen LogP contribution in [-0.4, -0.2) is 5.11 Å². The molecule has 2 aromatic rings. The molecule has 2 rings (SSSR count). The molecule has 0 fully saturated rings. The minimum atomic E-state index is -1.20. The Labute approximate surface area is 121 Å². The third-order valence-corrected chi connectivity index (χ3v) is 3.64. The van der Waals surface area contributed by atoms with Crippen molar-refractivity contribution in [1.29, 1.82) is 0 Å². The van der Waals surface area contributed by atoms with Gasteiger partial charge in [0, 0.05) is 0 Å². The summed E-state index contributed by atoms with van der Waals surface area (Å²) in [7, 11) is 0. The van der Waals surface area contributed by atoms with Gasteiger partial charge in [0.2, 0.25) is 0 Å².